The largest absolute Gasteiger partial charge is 0.481 e. The molecule has 5 fully saturated rings. The molecule has 4 saturated carbocycles. The molecule has 0 spiro atoms. The van der Waals surface area contributed by atoms with Gasteiger partial charge < -0.3 is 19.7 Å². The number of aliphatic hydroxyl groups excluding tert-OH is 1. The maximum atomic E-state index is 12.0. The fourth-order valence-electron chi connectivity index (χ4n) is 10.6. The van der Waals surface area contributed by atoms with E-state index in [-0.39, 0.29) is 35.7 Å². The Labute approximate surface area is 219 Å². The quantitative estimate of drug-likeness (QED) is 0.379. The first kappa shape index (κ1) is 26.9. The van der Waals surface area contributed by atoms with Gasteiger partial charge in [0.1, 0.15) is 0 Å². The summed E-state index contributed by atoms with van der Waals surface area (Å²) in [5.74, 6) is 2.78. The van der Waals surface area contributed by atoms with Crippen molar-refractivity contribution in [2.24, 2.45) is 52.3 Å². The van der Waals surface area contributed by atoms with Gasteiger partial charge in [0.2, 0.25) is 0 Å². The SMILES string of the molecule is CC[C@H]1[C@@H](O)[C@@H]2[C@H](CC[C@]3(C)[C@@H]([C@H](C)CCC(=O)O)CC[C@@H]23)[C@@]2(C)CC[C@@H](OC3CCCCO3)C[C@@H]12. The van der Waals surface area contributed by atoms with Gasteiger partial charge in [0.25, 0.3) is 0 Å². The van der Waals surface area contributed by atoms with Crippen LogP contribution >= 0.6 is 0 Å². The second-order valence-electron chi connectivity index (χ2n) is 13.9. The van der Waals surface area contributed by atoms with Crippen LogP contribution in [0.5, 0.6) is 0 Å². The second kappa shape index (κ2) is 10.5. The maximum Gasteiger partial charge on any atom is 0.303 e. The van der Waals surface area contributed by atoms with Crippen LogP contribution in [0.1, 0.15) is 111 Å². The smallest absolute Gasteiger partial charge is 0.303 e. The summed E-state index contributed by atoms with van der Waals surface area (Å²) in [5, 5.41) is 21.3. The fourth-order valence-corrected chi connectivity index (χ4v) is 10.6. The molecular weight excluding hydrogens is 452 g/mol. The van der Waals surface area contributed by atoms with Crippen molar-refractivity contribution < 1.29 is 24.5 Å². The molecule has 0 bridgehead atoms. The average Bonchev–Trinajstić information content (AvgIpc) is 3.21. The van der Waals surface area contributed by atoms with Crippen molar-refractivity contribution in [3.05, 3.63) is 0 Å². The minimum atomic E-state index is -0.674. The Hall–Kier alpha value is -0.650. The van der Waals surface area contributed by atoms with Gasteiger partial charge in [0.15, 0.2) is 6.29 Å². The van der Waals surface area contributed by atoms with Gasteiger partial charge in [-0.1, -0.05) is 34.1 Å². The van der Waals surface area contributed by atoms with Crippen molar-refractivity contribution in [1.82, 2.24) is 0 Å². The van der Waals surface area contributed by atoms with Crippen LogP contribution in [0.2, 0.25) is 0 Å². The first-order valence-corrected chi connectivity index (χ1v) is 15.4. The van der Waals surface area contributed by atoms with E-state index in [0.717, 1.165) is 45.1 Å². The van der Waals surface area contributed by atoms with Gasteiger partial charge in [0.05, 0.1) is 12.2 Å². The first-order chi connectivity index (χ1) is 17.2. The van der Waals surface area contributed by atoms with Crippen LogP contribution in [0, 0.1) is 52.3 Å². The molecule has 5 aliphatic rings. The molecule has 0 radical (unpaired) electrons. The van der Waals surface area contributed by atoms with Crippen molar-refractivity contribution in [3.63, 3.8) is 0 Å². The fraction of sp³-hybridized carbons (Fsp3) is 0.968. The third-order valence-corrected chi connectivity index (χ3v) is 12.4. The van der Waals surface area contributed by atoms with Crippen LogP contribution in [-0.4, -0.2) is 41.3 Å². The summed E-state index contributed by atoms with van der Waals surface area (Å²) in [5.41, 5.74) is 0.520. The van der Waals surface area contributed by atoms with Crippen molar-refractivity contribution in [1.29, 1.82) is 0 Å². The van der Waals surface area contributed by atoms with Gasteiger partial charge in [0, 0.05) is 13.0 Å². The Morgan fingerprint density at radius 3 is 2.47 bits per heavy atom. The minimum absolute atomic E-state index is 0.0247. The number of hydrogen-bond donors (Lipinski definition) is 2. The van der Waals surface area contributed by atoms with E-state index in [1.807, 2.05) is 0 Å². The van der Waals surface area contributed by atoms with Crippen molar-refractivity contribution in [2.45, 2.75) is 130 Å². The van der Waals surface area contributed by atoms with E-state index in [2.05, 4.69) is 27.7 Å². The molecule has 1 heterocycles. The Balaban J connectivity index is 1.34. The lowest BCUT2D eigenvalue weighted by Crippen LogP contribution is -2.62. The zero-order valence-corrected chi connectivity index (χ0v) is 23.3. The summed E-state index contributed by atoms with van der Waals surface area (Å²) in [4.78, 5) is 11.2. The van der Waals surface area contributed by atoms with E-state index in [1.165, 1.54) is 38.5 Å². The molecule has 4 aliphatic carbocycles. The van der Waals surface area contributed by atoms with Crippen LogP contribution in [0.25, 0.3) is 0 Å². The molecule has 1 unspecified atom stereocenters. The van der Waals surface area contributed by atoms with Crippen molar-refractivity contribution >= 4 is 5.97 Å². The van der Waals surface area contributed by atoms with Gasteiger partial charge in [-0.25, -0.2) is 0 Å². The molecule has 36 heavy (non-hydrogen) atoms. The maximum absolute atomic E-state index is 12.0. The van der Waals surface area contributed by atoms with E-state index >= 15 is 0 Å². The van der Waals surface area contributed by atoms with Gasteiger partial charge in [-0.15, -0.1) is 0 Å². The third-order valence-electron chi connectivity index (χ3n) is 12.4. The Morgan fingerprint density at radius 2 is 1.78 bits per heavy atom. The Kier molecular flexibility index (Phi) is 7.85. The lowest BCUT2D eigenvalue weighted by molar-refractivity contribution is -0.234. The molecule has 5 heteroatoms. The zero-order valence-electron chi connectivity index (χ0n) is 23.3. The van der Waals surface area contributed by atoms with E-state index in [4.69, 9.17) is 9.47 Å². The van der Waals surface area contributed by atoms with Gasteiger partial charge >= 0.3 is 5.97 Å². The minimum Gasteiger partial charge on any atom is -0.481 e. The van der Waals surface area contributed by atoms with E-state index < -0.39 is 5.97 Å². The molecule has 0 aromatic carbocycles. The number of carboxylic acids is 1. The molecule has 5 rings (SSSR count). The number of rotatable bonds is 7. The summed E-state index contributed by atoms with van der Waals surface area (Å²) in [6.45, 7) is 10.5. The van der Waals surface area contributed by atoms with Crippen molar-refractivity contribution in [3.8, 4) is 0 Å². The predicted molar refractivity (Wildman–Crippen MR) is 140 cm³/mol. The molecule has 2 N–H and O–H groups in total. The normalized spacial score (nSPS) is 49.5. The number of aliphatic carboxylic acids is 1. The lowest BCUT2D eigenvalue weighted by atomic mass is 9.41. The summed E-state index contributed by atoms with van der Waals surface area (Å²) < 4.78 is 12.4. The number of aliphatic hydroxyl groups is 1. The summed E-state index contributed by atoms with van der Waals surface area (Å²) in [7, 11) is 0. The highest BCUT2D eigenvalue weighted by Gasteiger charge is 2.65. The van der Waals surface area contributed by atoms with E-state index in [9.17, 15) is 15.0 Å². The van der Waals surface area contributed by atoms with Crippen LogP contribution in [-0.2, 0) is 14.3 Å². The molecule has 1 aliphatic heterocycles. The van der Waals surface area contributed by atoms with Crippen LogP contribution in [0.3, 0.4) is 0 Å². The molecular formula is C31H52O5. The van der Waals surface area contributed by atoms with Gasteiger partial charge in [-0.2, -0.15) is 0 Å². The molecule has 0 aromatic rings. The number of carboxylic acid groups (broad SMARTS) is 1. The molecule has 12 atom stereocenters. The first-order valence-electron chi connectivity index (χ1n) is 15.4. The lowest BCUT2D eigenvalue weighted by Gasteiger charge is -2.65. The average molecular weight is 505 g/mol. The molecule has 5 nitrogen and oxygen atoms in total. The second-order valence-corrected chi connectivity index (χ2v) is 13.9. The monoisotopic (exact) mass is 504 g/mol. The van der Waals surface area contributed by atoms with Crippen LogP contribution < -0.4 is 0 Å². The highest BCUT2D eigenvalue weighted by Crippen LogP contribution is 2.69. The molecule has 0 amide bonds. The van der Waals surface area contributed by atoms with Crippen molar-refractivity contribution in [2.75, 3.05) is 6.61 Å². The Bertz CT molecular complexity index is 779. The number of fused-ring (bicyclic) bond motifs is 5. The van der Waals surface area contributed by atoms with Crippen LogP contribution in [0.4, 0.5) is 0 Å². The standard InChI is InChI=1S/C31H52O5/c1-5-21-25-18-20(36-27-8-6-7-17-35-27)13-15-31(25,4)24-14-16-30(3)22(19(2)9-12-26(32)33)10-11-23(30)28(24)29(21)34/h19-25,27-29,34H,5-18H2,1-4H3,(H,32,33)/t19-,20-,21-,22-,23+,24+,25+,27?,28+,29-,30-,31-/m1/s1. The highest BCUT2D eigenvalue weighted by atomic mass is 16.7. The number of carbonyl (C=O) groups is 1. The molecule has 206 valence electrons. The predicted octanol–water partition coefficient (Wildman–Crippen LogP) is 6.66. The van der Waals surface area contributed by atoms with Gasteiger partial charge in [-0.3, -0.25) is 4.79 Å². The van der Waals surface area contributed by atoms with Gasteiger partial charge in [-0.05, 0) is 123 Å². The summed E-state index contributed by atoms with van der Waals surface area (Å²) in [6.07, 6.45) is 13.8. The summed E-state index contributed by atoms with van der Waals surface area (Å²) in [6, 6.07) is 0. The van der Waals surface area contributed by atoms with E-state index in [0.29, 0.717) is 41.4 Å². The van der Waals surface area contributed by atoms with E-state index in [1.54, 1.807) is 0 Å². The highest BCUT2D eigenvalue weighted by molar-refractivity contribution is 5.66. The van der Waals surface area contributed by atoms with Crippen LogP contribution in [0.15, 0.2) is 0 Å². The number of ether oxygens (including phenoxy) is 2. The third kappa shape index (κ3) is 4.57. The summed E-state index contributed by atoms with van der Waals surface area (Å²) >= 11 is 0. The molecule has 0 aromatic heterocycles. The topological polar surface area (TPSA) is 76.0 Å². The zero-order chi connectivity index (χ0) is 25.7. The Morgan fingerprint density at radius 1 is 1.03 bits per heavy atom. The molecule has 1 saturated heterocycles. The number of hydrogen-bond acceptors (Lipinski definition) is 4.